The lowest BCUT2D eigenvalue weighted by molar-refractivity contribution is -0.141. The molecule has 1 fully saturated rings. The second kappa shape index (κ2) is 5.89. The van der Waals surface area contributed by atoms with Crippen molar-refractivity contribution in [3.8, 4) is 0 Å². The van der Waals surface area contributed by atoms with Crippen molar-refractivity contribution in [3.63, 3.8) is 0 Å². The molecule has 0 radical (unpaired) electrons. The maximum absolute atomic E-state index is 11.3. The fourth-order valence-electron chi connectivity index (χ4n) is 2.05. The van der Waals surface area contributed by atoms with Gasteiger partial charge in [0.05, 0.1) is 12.3 Å². The Morgan fingerprint density at radius 2 is 2.13 bits per heavy atom. The molecule has 1 saturated heterocycles. The van der Waals surface area contributed by atoms with Crippen LogP contribution in [-0.2, 0) is 14.3 Å². The highest BCUT2D eigenvalue weighted by Crippen LogP contribution is 2.27. The van der Waals surface area contributed by atoms with Crippen LogP contribution < -0.4 is 0 Å². The first-order chi connectivity index (χ1) is 7.15. The van der Waals surface area contributed by atoms with Crippen molar-refractivity contribution >= 4 is 11.8 Å². The average molecular weight is 212 g/mol. The summed E-state index contributed by atoms with van der Waals surface area (Å²) < 4.78 is 5.16. The zero-order chi connectivity index (χ0) is 11.3. The first-order valence-corrected chi connectivity index (χ1v) is 5.85. The molecule has 0 aromatic heterocycles. The molecule has 1 aliphatic heterocycles. The Morgan fingerprint density at radius 3 is 2.73 bits per heavy atom. The van der Waals surface area contributed by atoms with E-state index in [9.17, 15) is 9.59 Å². The lowest BCUT2D eigenvalue weighted by atomic mass is 9.93. The summed E-state index contributed by atoms with van der Waals surface area (Å²) in [5.41, 5.74) is 0. The smallest absolute Gasteiger partial charge is 0.306 e. The van der Waals surface area contributed by atoms with E-state index in [1.54, 1.807) is 6.92 Å². The van der Waals surface area contributed by atoms with Crippen LogP contribution in [0, 0.1) is 5.92 Å². The maximum atomic E-state index is 11.3. The molecule has 0 spiro atoms. The van der Waals surface area contributed by atoms with Crippen molar-refractivity contribution in [3.05, 3.63) is 0 Å². The van der Waals surface area contributed by atoms with E-state index < -0.39 is 0 Å². The van der Waals surface area contributed by atoms with E-state index in [2.05, 4.69) is 6.92 Å². The van der Waals surface area contributed by atoms with Gasteiger partial charge in [0.2, 0.25) is 0 Å². The molecular formula is C12H20O3. The highest BCUT2D eigenvalue weighted by Gasteiger charge is 2.37. The minimum absolute atomic E-state index is 0.0846. The Labute approximate surface area is 91.2 Å². The van der Waals surface area contributed by atoms with Gasteiger partial charge in [0.1, 0.15) is 11.9 Å². The largest absolute Gasteiger partial charge is 0.462 e. The third-order valence-electron chi connectivity index (χ3n) is 2.98. The van der Waals surface area contributed by atoms with Crippen molar-refractivity contribution in [1.82, 2.24) is 0 Å². The molecule has 1 heterocycles. The summed E-state index contributed by atoms with van der Waals surface area (Å²) in [6.07, 6.45) is 5.60. The van der Waals surface area contributed by atoms with Crippen molar-refractivity contribution in [2.45, 2.75) is 58.5 Å². The Hall–Kier alpha value is -0.860. The van der Waals surface area contributed by atoms with Crippen molar-refractivity contribution in [1.29, 1.82) is 0 Å². The number of hydrogen-bond acceptors (Lipinski definition) is 3. The molecule has 3 nitrogen and oxygen atoms in total. The Bertz CT molecular complexity index is 235. The number of unbranched alkanes of at least 4 members (excludes halogenated alkanes) is 3. The van der Waals surface area contributed by atoms with Gasteiger partial charge in [-0.1, -0.05) is 26.2 Å². The summed E-state index contributed by atoms with van der Waals surface area (Å²) in [5.74, 6) is -0.309. The molecule has 1 rings (SSSR count). The molecule has 0 saturated carbocycles. The number of ketones is 1. The van der Waals surface area contributed by atoms with Gasteiger partial charge >= 0.3 is 5.97 Å². The molecule has 0 aliphatic carbocycles. The Morgan fingerprint density at radius 1 is 1.40 bits per heavy atom. The van der Waals surface area contributed by atoms with E-state index in [0.29, 0.717) is 0 Å². The second-order valence-electron chi connectivity index (χ2n) is 4.30. The molecule has 86 valence electrons. The Kier molecular flexibility index (Phi) is 4.79. The van der Waals surface area contributed by atoms with Crippen LogP contribution >= 0.6 is 0 Å². The van der Waals surface area contributed by atoms with E-state index in [1.165, 1.54) is 12.8 Å². The van der Waals surface area contributed by atoms with Gasteiger partial charge in [0, 0.05) is 0 Å². The van der Waals surface area contributed by atoms with Gasteiger partial charge in [-0.25, -0.2) is 0 Å². The number of Topliss-reactive ketones (excluding diaryl/α,β-unsaturated/α-hetero) is 1. The van der Waals surface area contributed by atoms with Gasteiger partial charge < -0.3 is 4.74 Å². The summed E-state index contributed by atoms with van der Waals surface area (Å²) in [7, 11) is 0. The van der Waals surface area contributed by atoms with E-state index in [4.69, 9.17) is 4.74 Å². The molecule has 0 amide bonds. The van der Waals surface area contributed by atoms with E-state index in [-0.39, 0.29) is 30.2 Å². The van der Waals surface area contributed by atoms with Crippen molar-refractivity contribution in [2.75, 3.05) is 0 Å². The first kappa shape index (κ1) is 12.2. The lowest BCUT2D eigenvalue weighted by Crippen LogP contribution is -2.22. The van der Waals surface area contributed by atoms with Crippen LogP contribution in [-0.4, -0.2) is 17.9 Å². The number of carbonyl (C=O) groups excluding carboxylic acids is 2. The molecule has 0 aromatic rings. The van der Waals surface area contributed by atoms with Gasteiger partial charge in [0.25, 0.3) is 0 Å². The van der Waals surface area contributed by atoms with E-state index in [0.717, 1.165) is 19.3 Å². The van der Waals surface area contributed by atoms with Crippen LogP contribution in [0.1, 0.15) is 52.4 Å². The number of carbonyl (C=O) groups is 2. The molecule has 2 atom stereocenters. The molecule has 3 heteroatoms. The molecule has 15 heavy (non-hydrogen) atoms. The number of esters is 1. The quantitative estimate of drug-likeness (QED) is 0.502. The Balaban J connectivity index is 2.32. The van der Waals surface area contributed by atoms with Gasteiger partial charge in [-0.05, 0) is 19.8 Å². The van der Waals surface area contributed by atoms with E-state index in [1.807, 2.05) is 0 Å². The predicted octanol–water partition coefficient (Wildman–Crippen LogP) is 2.48. The van der Waals surface area contributed by atoms with Gasteiger partial charge in [-0.2, -0.15) is 0 Å². The minimum Gasteiger partial charge on any atom is -0.462 e. The highest BCUT2D eigenvalue weighted by molar-refractivity contribution is 5.86. The van der Waals surface area contributed by atoms with Crippen LogP contribution in [0.25, 0.3) is 0 Å². The predicted molar refractivity (Wildman–Crippen MR) is 57.4 cm³/mol. The molecule has 1 aliphatic rings. The third-order valence-corrected chi connectivity index (χ3v) is 2.98. The zero-order valence-corrected chi connectivity index (χ0v) is 9.62. The average Bonchev–Trinajstić information content (AvgIpc) is 2.55. The maximum Gasteiger partial charge on any atom is 0.306 e. The van der Waals surface area contributed by atoms with Crippen molar-refractivity contribution < 1.29 is 14.3 Å². The van der Waals surface area contributed by atoms with E-state index >= 15 is 0 Å². The zero-order valence-electron chi connectivity index (χ0n) is 9.62. The minimum atomic E-state index is -0.212. The standard InChI is InChI=1S/C12H20O3/c1-3-4-5-6-7-11-10(9(2)13)8-12(14)15-11/h10-11H,3-8H2,1-2H3/t10-,11+/m0/s1. The fourth-order valence-corrected chi connectivity index (χ4v) is 2.05. The summed E-state index contributed by atoms with van der Waals surface area (Å²) in [6.45, 7) is 3.71. The number of cyclic esters (lactones) is 1. The summed E-state index contributed by atoms with van der Waals surface area (Å²) >= 11 is 0. The number of ether oxygens (including phenoxy) is 1. The van der Waals surface area contributed by atoms with Crippen LogP contribution in [0.15, 0.2) is 0 Å². The molecular weight excluding hydrogens is 192 g/mol. The fraction of sp³-hybridized carbons (Fsp3) is 0.833. The topological polar surface area (TPSA) is 43.4 Å². The third kappa shape index (κ3) is 3.65. The number of hydrogen-bond donors (Lipinski definition) is 0. The van der Waals surface area contributed by atoms with Crippen LogP contribution in [0.2, 0.25) is 0 Å². The molecule has 0 aromatic carbocycles. The van der Waals surface area contributed by atoms with Crippen LogP contribution in [0.3, 0.4) is 0 Å². The van der Waals surface area contributed by atoms with Gasteiger partial charge in [0.15, 0.2) is 0 Å². The normalized spacial score (nSPS) is 25.3. The SMILES string of the molecule is CCCCCC[C@H]1OC(=O)C[C@H]1C(C)=O. The van der Waals surface area contributed by atoms with Gasteiger partial charge in [-0.15, -0.1) is 0 Å². The lowest BCUT2D eigenvalue weighted by Gasteiger charge is -2.14. The molecule has 0 N–H and O–H groups in total. The first-order valence-electron chi connectivity index (χ1n) is 5.85. The highest BCUT2D eigenvalue weighted by atomic mass is 16.5. The second-order valence-corrected chi connectivity index (χ2v) is 4.30. The van der Waals surface area contributed by atoms with Gasteiger partial charge in [-0.3, -0.25) is 9.59 Å². The van der Waals surface area contributed by atoms with Crippen LogP contribution in [0.4, 0.5) is 0 Å². The summed E-state index contributed by atoms with van der Waals surface area (Å²) in [6, 6.07) is 0. The number of rotatable bonds is 6. The summed E-state index contributed by atoms with van der Waals surface area (Å²) in [5, 5.41) is 0. The van der Waals surface area contributed by atoms with Crippen LogP contribution in [0.5, 0.6) is 0 Å². The molecule has 0 unspecified atom stereocenters. The van der Waals surface area contributed by atoms with Crippen molar-refractivity contribution in [2.24, 2.45) is 5.92 Å². The monoisotopic (exact) mass is 212 g/mol. The molecule has 0 bridgehead atoms. The summed E-state index contributed by atoms with van der Waals surface area (Å²) in [4.78, 5) is 22.3.